The van der Waals surface area contributed by atoms with E-state index in [4.69, 9.17) is 11.6 Å². The summed E-state index contributed by atoms with van der Waals surface area (Å²) in [6.45, 7) is 0.959. The Morgan fingerprint density at radius 1 is 1.43 bits per heavy atom. The molecule has 21 heavy (non-hydrogen) atoms. The lowest BCUT2D eigenvalue weighted by atomic mass is 10.4. The average molecular weight is 330 g/mol. The van der Waals surface area contributed by atoms with Crippen molar-refractivity contribution in [3.63, 3.8) is 0 Å². The lowest BCUT2D eigenvalue weighted by Crippen LogP contribution is -2.25. The molecule has 0 aliphatic carbocycles. The summed E-state index contributed by atoms with van der Waals surface area (Å²) in [6.07, 6.45) is 5.42. The maximum atomic E-state index is 12.1. The molecule has 0 unspecified atom stereocenters. The van der Waals surface area contributed by atoms with Crippen molar-refractivity contribution in [2.75, 3.05) is 18.9 Å². The Morgan fingerprint density at radius 3 is 2.86 bits per heavy atom. The maximum absolute atomic E-state index is 12.1. The smallest absolute Gasteiger partial charge is 0.242 e. The number of pyridine rings is 1. The molecular weight excluding hydrogens is 314 g/mol. The number of nitrogens with one attached hydrogen (secondary N) is 2. The number of aromatic nitrogens is 3. The molecule has 0 aliphatic rings. The van der Waals surface area contributed by atoms with E-state index in [0.29, 0.717) is 25.3 Å². The van der Waals surface area contributed by atoms with E-state index in [2.05, 4.69) is 20.1 Å². The predicted octanol–water partition coefficient (Wildman–Crippen LogP) is 1.34. The molecule has 0 saturated carbocycles. The molecule has 2 rings (SSSR count). The number of nitrogens with zero attached hydrogens (tertiary/aromatic N) is 3. The lowest BCUT2D eigenvalue weighted by molar-refractivity contribution is 0.553. The highest BCUT2D eigenvalue weighted by Crippen LogP contribution is 2.21. The number of hydrogen-bond acceptors (Lipinski definition) is 5. The van der Waals surface area contributed by atoms with Crippen LogP contribution in [-0.2, 0) is 16.6 Å². The van der Waals surface area contributed by atoms with Crippen molar-refractivity contribution < 1.29 is 8.42 Å². The molecule has 0 spiro atoms. The average Bonchev–Trinajstić information content (AvgIpc) is 2.97. The number of hydrogen-bond donors (Lipinski definition) is 2. The minimum absolute atomic E-state index is 0.0468. The van der Waals surface area contributed by atoms with Gasteiger partial charge >= 0.3 is 0 Å². The highest BCUT2D eigenvalue weighted by Gasteiger charge is 2.15. The maximum Gasteiger partial charge on any atom is 0.242 e. The third-order valence-electron chi connectivity index (χ3n) is 2.78. The van der Waals surface area contributed by atoms with Crippen molar-refractivity contribution in [3.05, 3.63) is 35.7 Å². The summed E-state index contributed by atoms with van der Waals surface area (Å²) in [6, 6.07) is 3.19. The van der Waals surface area contributed by atoms with Gasteiger partial charge in [0.15, 0.2) is 0 Å². The molecule has 9 heteroatoms. The van der Waals surface area contributed by atoms with Crippen molar-refractivity contribution in [1.82, 2.24) is 19.5 Å². The van der Waals surface area contributed by atoms with Gasteiger partial charge in [0.1, 0.15) is 10.7 Å². The van der Waals surface area contributed by atoms with E-state index < -0.39 is 10.0 Å². The van der Waals surface area contributed by atoms with Gasteiger partial charge in [-0.25, -0.2) is 18.1 Å². The molecule has 2 aromatic rings. The quantitative estimate of drug-likeness (QED) is 0.748. The fourth-order valence-corrected chi connectivity index (χ4v) is 3.08. The van der Waals surface area contributed by atoms with Gasteiger partial charge in [0, 0.05) is 38.7 Å². The molecule has 0 amide bonds. The monoisotopic (exact) mass is 329 g/mol. The topological polar surface area (TPSA) is 88.9 Å². The van der Waals surface area contributed by atoms with E-state index in [1.54, 1.807) is 17.9 Å². The first kappa shape index (κ1) is 15.7. The van der Waals surface area contributed by atoms with E-state index in [1.807, 2.05) is 12.3 Å². The molecule has 0 saturated heterocycles. The Hall–Kier alpha value is -1.64. The van der Waals surface area contributed by atoms with Crippen LogP contribution in [0.3, 0.4) is 0 Å². The summed E-state index contributed by atoms with van der Waals surface area (Å²) >= 11 is 5.94. The van der Waals surface area contributed by atoms with Gasteiger partial charge in [-0.15, -0.1) is 0 Å². The highest BCUT2D eigenvalue weighted by atomic mass is 35.5. The Bertz CT molecular complexity index is 688. The third kappa shape index (κ3) is 4.16. The zero-order chi connectivity index (χ0) is 15.3. The molecule has 7 nitrogen and oxygen atoms in total. The molecule has 0 bridgehead atoms. The van der Waals surface area contributed by atoms with Crippen LogP contribution in [0.15, 0.2) is 35.6 Å². The minimum atomic E-state index is -3.60. The van der Waals surface area contributed by atoms with Crippen LogP contribution in [-0.4, -0.2) is 36.8 Å². The van der Waals surface area contributed by atoms with Gasteiger partial charge in [-0.1, -0.05) is 11.6 Å². The molecule has 0 aliphatic heterocycles. The Balaban J connectivity index is 1.93. The van der Waals surface area contributed by atoms with Crippen molar-refractivity contribution in [1.29, 1.82) is 0 Å². The number of aryl methyl sites for hydroxylation is 1. The standard InChI is InChI=1S/C12H16ClN5O2S/c1-14-12-11(13)8-10(9-15-12)21(19,20)17-5-3-7-18-6-2-4-16-18/h2,4,6,8-9,17H,3,5,7H2,1H3,(H,14,15). The van der Waals surface area contributed by atoms with Gasteiger partial charge in [0.05, 0.1) is 5.02 Å². The number of halogens is 1. The fraction of sp³-hybridized carbons (Fsp3) is 0.333. The van der Waals surface area contributed by atoms with Crippen LogP contribution < -0.4 is 10.0 Å². The molecule has 0 fully saturated rings. The van der Waals surface area contributed by atoms with E-state index in [1.165, 1.54) is 12.3 Å². The largest absolute Gasteiger partial charge is 0.372 e. The highest BCUT2D eigenvalue weighted by molar-refractivity contribution is 7.89. The van der Waals surface area contributed by atoms with E-state index in [-0.39, 0.29) is 9.92 Å². The molecule has 0 aromatic carbocycles. The first-order valence-electron chi connectivity index (χ1n) is 6.33. The van der Waals surface area contributed by atoms with Gasteiger partial charge in [-0.05, 0) is 18.6 Å². The molecule has 0 atom stereocenters. The van der Waals surface area contributed by atoms with Crippen molar-refractivity contribution in [3.8, 4) is 0 Å². The van der Waals surface area contributed by atoms with E-state index >= 15 is 0 Å². The predicted molar refractivity (Wildman–Crippen MR) is 80.8 cm³/mol. The number of anilines is 1. The number of rotatable bonds is 7. The summed E-state index contributed by atoms with van der Waals surface area (Å²) in [5, 5.41) is 7.08. The second kappa shape index (κ2) is 6.88. The second-order valence-electron chi connectivity index (χ2n) is 4.27. The van der Waals surface area contributed by atoms with Crippen LogP contribution in [0.4, 0.5) is 5.82 Å². The van der Waals surface area contributed by atoms with E-state index in [0.717, 1.165) is 0 Å². The molecule has 114 valence electrons. The summed E-state index contributed by atoms with van der Waals surface area (Å²) < 4.78 is 28.4. The SMILES string of the molecule is CNc1ncc(S(=O)(=O)NCCCn2cccn2)cc1Cl. The first-order valence-corrected chi connectivity index (χ1v) is 8.19. The van der Waals surface area contributed by atoms with Crippen LogP contribution in [0.25, 0.3) is 0 Å². The van der Waals surface area contributed by atoms with Crippen molar-refractivity contribution >= 4 is 27.4 Å². The summed E-state index contributed by atoms with van der Waals surface area (Å²) in [4.78, 5) is 4.00. The molecule has 2 N–H and O–H groups in total. The van der Waals surface area contributed by atoms with Crippen LogP contribution in [0.2, 0.25) is 5.02 Å². The van der Waals surface area contributed by atoms with Crippen molar-refractivity contribution in [2.45, 2.75) is 17.9 Å². The van der Waals surface area contributed by atoms with E-state index in [9.17, 15) is 8.42 Å². The zero-order valence-corrected chi connectivity index (χ0v) is 13.0. The normalized spacial score (nSPS) is 11.5. The Kier molecular flexibility index (Phi) is 5.16. The molecular formula is C12H16ClN5O2S. The third-order valence-corrected chi connectivity index (χ3v) is 4.49. The van der Waals surface area contributed by atoms with Gasteiger partial charge in [0.25, 0.3) is 0 Å². The zero-order valence-electron chi connectivity index (χ0n) is 11.5. The minimum Gasteiger partial charge on any atom is -0.372 e. The van der Waals surface area contributed by atoms with Crippen LogP contribution in [0.5, 0.6) is 0 Å². The molecule has 0 radical (unpaired) electrons. The van der Waals surface area contributed by atoms with Gasteiger partial charge in [-0.3, -0.25) is 4.68 Å². The summed E-state index contributed by atoms with van der Waals surface area (Å²) in [5.41, 5.74) is 0. The Morgan fingerprint density at radius 2 is 2.24 bits per heavy atom. The Labute approximate surface area is 128 Å². The van der Waals surface area contributed by atoms with Crippen LogP contribution in [0.1, 0.15) is 6.42 Å². The fourth-order valence-electron chi connectivity index (χ4n) is 1.71. The van der Waals surface area contributed by atoms with Gasteiger partial charge < -0.3 is 5.32 Å². The summed E-state index contributed by atoms with van der Waals surface area (Å²) in [5.74, 6) is 0.439. The molecule has 2 heterocycles. The van der Waals surface area contributed by atoms with Gasteiger partial charge in [0.2, 0.25) is 10.0 Å². The first-order chi connectivity index (χ1) is 10.0. The number of sulfonamides is 1. The van der Waals surface area contributed by atoms with Crippen LogP contribution >= 0.6 is 11.6 Å². The van der Waals surface area contributed by atoms with Crippen LogP contribution in [0, 0.1) is 0 Å². The van der Waals surface area contributed by atoms with Crippen molar-refractivity contribution in [2.24, 2.45) is 0 Å². The lowest BCUT2D eigenvalue weighted by Gasteiger charge is -2.08. The van der Waals surface area contributed by atoms with Gasteiger partial charge in [-0.2, -0.15) is 5.10 Å². The second-order valence-corrected chi connectivity index (χ2v) is 6.45. The summed E-state index contributed by atoms with van der Waals surface area (Å²) in [7, 11) is -1.94. The molecule has 2 aromatic heterocycles.